The van der Waals surface area contributed by atoms with Crippen LogP contribution in [0.2, 0.25) is 0 Å². The highest BCUT2D eigenvalue weighted by Crippen LogP contribution is 2.24. The van der Waals surface area contributed by atoms with E-state index in [-0.39, 0.29) is 30.6 Å². The van der Waals surface area contributed by atoms with Gasteiger partial charge in [-0.3, -0.25) is 4.79 Å². The summed E-state index contributed by atoms with van der Waals surface area (Å²) in [7, 11) is 0. The Hall–Kier alpha value is -1.47. The van der Waals surface area contributed by atoms with Gasteiger partial charge in [-0.05, 0) is 30.7 Å². The van der Waals surface area contributed by atoms with Gasteiger partial charge in [0.2, 0.25) is 5.91 Å². The number of amides is 1. The van der Waals surface area contributed by atoms with Gasteiger partial charge in [0.1, 0.15) is 5.75 Å². The fourth-order valence-corrected chi connectivity index (χ4v) is 1.26. The number of alkyl halides is 3. The highest BCUT2D eigenvalue weighted by molar-refractivity contribution is 5.92. The standard InChI is InChI=1S/C11H13F3N2O2.ClH/c1-7-4-8(16-10(17)5-15)2-3-9(7)18-6-11(12,13)14;/h2-4H,5-6,15H2,1H3,(H,16,17);1H. The molecule has 0 aliphatic rings. The number of halogens is 4. The van der Waals surface area contributed by atoms with Crippen LogP contribution >= 0.6 is 12.4 Å². The first-order chi connectivity index (χ1) is 8.31. The van der Waals surface area contributed by atoms with Crippen molar-refractivity contribution in [1.82, 2.24) is 0 Å². The SMILES string of the molecule is Cc1cc(NC(=O)CN)ccc1OCC(F)(F)F.Cl. The second-order valence-corrected chi connectivity index (χ2v) is 3.64. The van der Waals surface area contributed by atoms with E-state index in [0.717, 1.165) is 0 Å². The molecular weight excluding hydrogens is 285 g/mol. The van der Waals surface area contributed by atoms with Crippen molar-refractivity contribution in [3.63, 3.8) is 0 Å². The lowest BCUT2D eigenvalue weighted by molar-refractivity contribution is -0.153. The van der Waals surface area contributed by atoms with Crippen LogP contribution in [0.1, 0.15) is 5.56 Å². The molecule has 108 valence electrons. The fourth-order valence-electron chi connectivity index (χ4n) is 1.26. The first-order valence-corrected chi connectivity index (χ1v) is 5.12. The monoisotopic (exact) mass is 298 g/mol. The summed E-state index contributed by atoms with van der Waals surface area (Å²) >= 11 is 0. The Balaban J connectivity index is 0.00000324. The zero-order valence-electron chi connectivity index (χ0n) is 10.1. The van der Waals surface area contributed by atoms with Crippen molar-refractivity contribution in [1.29, 1.82) is 0 Å². The van der Waals surface area contributed by atoms with Crippen LogP contribution in [0.4, 0.5) is 18.9 Å². The van der Waals surface area contributed by atoms with Crippen molar-refractivity contribution in [3.05, 3.63) is 23.8 Å². The summed E-state index contributed by atoms with van der Waals surface area (Å²) in [5.74, 6) is -0.253. The van der Waals surface area contributed by atoms with Crippen LogP contribution in [0, 0.1) is 6.92 Å². The van der Waals surface area contributed by atoms with Crippen LogP contribution in [0.3, 0.4) is 0 Å². The zero-order chi connectivity index (χ0) is 13.8. The second-order valence-electron chi connectivity index (χ2n) is 3.64. The molecule has 0 heterocycles. The van der Waals surface area contributed by atoms with Crippen LogP contribution in [-0.4, -0.2) is 25.2 Å². The molecule has 0 radical (unpaired) electrons. The molecule has 0 saturated heterocycles. The van der Waals surface area contributed by atoms with Gasteiger partial charge in [0.25, 0.3) is 0 Å². The van der Waals surface area contributed by atoms with E-state index in [1.165, 1.54) is 18.2 Å². The van der Waals surface area contributed by atoms with E-state index < -0.39 is 12.8 Å². The quantitative estimate of drug-likeness (QED) is 0.896. The lowest BCUT2D eigenvalue weighted by Crippen LogP contribution is -2.22. The van der Waals surface area contributed by atoms with Gasteiger partial charge in [-0.25, -0.2) is 0 Å². The van der Waals surface area contributed by atoms with Crippen LogP contribution in [0.5, 0.6) is 5.75 Å². The van der Waals surface area contributed by atoms with E-state index in [9.17, 15) is 18.0 Å². The number of carbonyl (C=O) groups is 1. The predicted molar refractivity (Wildman–Crippen MR) is 67.7 cm³/mol. The van der Waals surface area contributed by atoms with Crippen molar-refractivity contribution >= 4 is 24.0 Å². The molecule has 0 aliphatic heterocycles. The number of rotatable bonds is 4. The normalized spacial score (nSPS) is 10.6. The van der Waals surface area contributed by atoms with Crippen molar-refractivity contribution in [2.45, 2.75) is 13.1 Å². The first-order valence-electron chi connectivity index (χ1n) is 5.12. The van der Waals surface area contributed by atoms with Crippen molar-refractivity contribution < 1.29 is 22.7 Å². The van der Waals surface area contributed by atoms with E-state index in [0.29, 0.717) is 11.3 Å². The molecule has 0 fully saturated rings. The highest BCUT2D eigenvalue weighted by Gasteiger charge is 2.28. The second kappa shape index (κ2) is 7.20. The molecule has 0 spiro atoms. The molecule has 0 aromatic heterocycles. The van der Waals surface area contributed by atoms with E-state index >= 15 is 0 Å². The number of aryl methyl sites for hydroxylation is 1. The number of nitrogens with two attached hydrogens (primary N) is 1. The largest absolute Gasteiger partial charge is 0.484 e. The summed E-state index contributed by atoms with van der Waals surface area (Å²) in [6, 6.07) is 4.33. The van der Waals surface area contributed by atoms with Crippen LogP contribution < -0.4 is 15.8 Å². The minimum Gasteiger partial charge on any atom is -0.484 e. The van der Waals surface area contributed by atoms with E-state index in [1.54, 1.807) is 6.92 Å². The molecule has 0 unspecified atom stereocenters. The van der Waals surface area contributed by atoms with Gasteiger partial charge < -0.3 is 15.8 Å². The summed E-state index contributed by atoms with van der Waals surface area (Å²) in [6.07, 6.45) is -4.38. The number of hydrogen-bond donors (Lipinski definition) is 2. The molecule has 19 heavy (non-hydrogen) atoms. The van der Waals surface area contributed by atoms with Gasteiger partial charge in [0.15, 0.2) is 6.61 Å². The van der Waals surface area contributed by atoms with Crippen molar-refractivity contribution in [3.8, 4) is 5.75 Å². The lowest BCUT2D eigenvalue weighted by atomic mass is 10.2. The topological polar surface area (TPSA) is 64.4 Å². The predicted octanol–water partition coefficient (Wildman–Crippen LogP) is 2.26. The number of carbonyl (C=O) groups excluding carboxylic acids is 1. The molecule has 1 aromatic rings. The highest BCUT2D eigenvalue weighted by atomic mass is 35.5. The van der Waals surface area contributed by atoms with Crippen molar-refractivity contribution in [2.24, 2.45) is 5.73 Å². The number of ether oxygens (including phenoxy) is 1. The first kappa shape index (κ1) is 17.5. The minimum atomic E-state index is -4.38. The molecular formula is C11H14ClF3N2O2. The lowest BCUT2D eigenvalue weighted by Gasteiger charge is -2.12. The number of hydrogen-bond acceptors (Lipinski definition) is 3. The average molecular weight is 299 g/mol. The smallest absolute Gasteiger partial charge is 0.422 e. The molecule has 0 atom stereocenters. The third-order valence-corrected chi connectivity index (χ3v) is 2.04. The maximum atomic E-state index is 12.0. The summed E-state index contributed by atoms with van der Waals surface area (Å²) in [5.41, 5.74) is 6.08. The molecule has 1 amide bonds. The Morgan fingerprint density at radius 2 is 2.05 bits per heavy atom. The van der Waals surface area contributed by atoms with Crippen molar-refractivity contribution in [2.75, 3.05) is 18.5 Å². The van der Waals surface area contributed by atoms with Gasteiger partial charge in [-0.2, -0.15) is 13.2 Å². The molecule has 0 saturated carbocycles. The Bertz CT molecular complexity index is 438. The summed E-state index contributed by atoms with van der Waals surface area (Å²) < 4.78 is 40.5. The van der Waals surface area contributed by atoms with Crippen LogP contribution in [0.15, 0.2) is 18.2 Å². The van der Waals surface area contributed by atoms with E-state index in [1.807, 2.05) is 0 Å². The van der Waals surface area contributed by atoms with Gasteiger partial charge >= 0.3 is 6.18 Å². The van der Waals surface area contributed by atoms with Gasteiger partial charge in [-0.15, -0.1) is 12.4 Å². The van der Waals surface area contributed by atoms with Crippen LogP contribution in [0.25, 0.3) is 0 Å². The molecule has 1 aromatic carbocycles. The van der Waals surface area contributed by atoms with Gasteiger partial charge in [-0.1, -0.05) is 0 Å². The van der Waals surface area contributed by atoms with Gasteiger partial charge in [0, 0.05) is 5.69 Å². The summed E-state index contributed by atoms with van der Waals surface area (Å²) in [4.78, 5) is 11.0. The third-order valence-electron chi connectivity index (χ3n) is 2.04. The molecule has 8 heteroatoms. The molecule has 1 rings (SSSR count). The van der Waals surface area contributed by atoms with E-state index in [4.69, 9.17) is 5.73 Å². The Kier molecular flexibility index (Phi) is 6.64. The zero-order valence-corrected chi connectivity index (χ0v) is 10.9. The Labute approximate surface area is 114 Å². The summed E-state index contributed by atoms with van der Waals surface area (Å²) in [6.45, 7) is 0.0809. The average Bonchev–Trinajstić information content (AvgIpc) is 2.26. The minimum absolute atomic E-state index is 0. The maximum absolute atomic E-state index is 12.0. The third kappa shape index (κ3) is 6.30. The van der Waals surface area contributed by atoms with Gasteiger partial charge in [0.05, 0.1) is 6.54 Å². The number of anilines is 1. The molecule has 3 N–H and O–H groups in total. The summed E-state index contributed by atoms with van der Waals surface area (Å²) in [5, 5.41) is 2.49. The number of benzene rings is 1. The molecule has 4 nitrogen and oxygen atoms in total. The molecule has 0 aliphatic carbocycles. The Morgan fingerprint density at radius 1 is 1.42 bits per heavy atom. The fraction of sp³-hybridized carbons (Fsp3) is 0.364. The van der Waals surface area contributed by atoms with E-state index in [2.05, 4.69) is 10.1 Å². The Morgan fingerprint density at radius 3 is 2.53 bits per heavy atom. The number of nitrogens with one attached hydrogen (secondary N) is 1. The molecule has 0 bridgehead atoms. The maximum Gasteiger partial charge on any atom is 0.422 e. The van der Waals surface area contributed by atoms with Crippen LogP contribution in [-0.2, 0) is 4.79 Å².